The summed E-state index contributed by atoms with van der Waals surface area (Å²) in [7, 11) is 0. The Morgan fingerprint density at radius 2 is 2.10 bits per heavy atom. The van der Waals surface area contributed by atoms with Gasteiger partial charge < -0.3 is 25.1 Å². The molecular weight excluding hydrogens is 370 g/mol. The molecule has 0 saturated carbocycles. The van der Waals surface area contributed by atoms with Crippen molar-refractivity contribution in [1.82, 2.24) is 15.0 Å². The molecule has 0 radical (unpaired) electrons. The Kier molecular flexibility index (Phi) is 5.24. The first-order valence-corrected chi connectivity index (χ1v) is 9.80. The van der Waals surface area contributed by atoms with Gasteiger partial charge in [-0.25, -0.2) is 0 Å². The number of oxime groups is 1. The molecule has 8 heteroatoms. The number of ether oxygens (including phenoxy) is 1. The fraction of sp³-hybridized carbons (Fsp3) is 0.381. The Balaban J connectivity index is 1.56. The van der Waals surface area contributed by atoms with Gasteiger partial charge in [0.1, 0.15) is 11.8 Å². The van der Waals surface area contributed by atoms with Crippen LogP contribution < -0.4 is 10.5 Å². The molecule has 3 N–H and O–H groups in total. The molecule has 0 unspecified atom stereocenters. The highest BCUT2D eigenvalue weighted by molar-refractivity contribution is 5.87. The summed E-state index contributed by atoms with van der Waals surface area (Å²) in [6.07, 6.45) is 1.73. The van der Waals surface area contributed by atoms with Gasteiger partial charge in [-0.2, -0.15) is 4.98 Å². The fourth-order valence-electron chi connectivity index (χ4n) is 3.56. The molecule has 8 nitrogen and oxygen atoms in total. The number of fused-ring (bicyclic) bond motifs is 1. The molecule has 3 aromatic rings. The van der Waals surface area contributed by atoms with E-state index in [-0.39, 0.29) is 12.0 Å². The molecule has 4 rings (SSSR count). The van der Waals surface area contributed by atoms with Crippen molar-refractivity contribution in [2.24, 2.45) is 16.8 Å². The SMILES string of the molecule is CC(C)COc1ccc2cc(-c3noc([C@@H]4CCCN4/C(N)=N\O)n3)ccc2c1. The molecule has 0 spiro atoms. The Morgan fingerprint density at radius 3 is 2.90 bits per heavy atom. The van der Waals surface area contributed by atoms with Crippen LogP contribution in [-0.2, 0) is 0 Å². The van der Waals surface area contributed by atoms with Gasteiger partial charge in [0.25, 0.3) is 0 Å². The number of hydrogen-bond acceptors (Lipinski definition) is 6. The maximum Gasteiger partial charge on any atom is 0.249 e. The molecule has 29 heavy (non-hydrogen) atoms. The number of benzene rings is 2. The van der Waals surface area contributed by atoms with Crippen LogP contribution in [0.25, 0.3) is 22.2 Å². The number of nitrogens with zero attached hydrogens (tertiary/aromatic N) is 4. The van der Waals surface area contributed by atoms with Crippen molar-refractivity contribution in [2.45, 2.75) is 32.7 Å². The molecule has 152 valence electrons. The van der Waals surface area contributed by atoms with E-state index in [1.54, 1.807) is 4.90 Å². The highest BCUT2D eigenvalue weighted by Crippen LogP contribution is 2.32. The van der Waals surface area contributed by atoms with Crippen LogP contribution >= 0.6 is 0 Å². The number of aromatic nitrogens is 2. The minimum absolute atomic E-state index is 0.0634. The topological polar surface area (TPSA) is 110 Å². The third kappa shape index (κ3) is 3.96. The lowest BCUT2D eigenvalue weighted by Gasteiger charge is -2.21. The third-order valence-electron chi connectivity index (χ3n) is 5.03. The van der Waals surface area contributed by atoms with E-state index >= 15 is 0 Å². The summed E-state index contributed by atoms with van der Waals surface area (Å²) in [5.41, 5.74) is 6.63. The molecule has 2 aromatic carbocycles. The van der Waals surface area contributed by atoms with E-state index in [0.29, 0.717) is 30.8 Å². The van der Waals surface area contributed by atoms with Gasteiger partial charge in [0, 0.05) is 12.1 Å². The van der Waals surface area contributed by atoms with Crippen LogP contribution in [0.2, 0.25) is 0 Å². The van der Waals surface area contributed by atoms with Gasteiger partial charge in [0.2, 0.25) is 17.7 Å². The van der Waals surface area contributed by atoms with Gasteiger partial charge >= 0.3 is 0 Å². The largest absolute Gasteiger partial charge is 0.493 e. The van der Waals surface area contributed by atoms with Crippen molar-refractivity contribution in [1.29, 1.82) is 0 Å². The first-order chi connectivity index (χ1) is 14.0. The molecule has 2 heterocycles. The van der Waals surface area contributed by atoms with E-state index < -0.39 is 0 Å². The molecule has 1 aliphatic rings. The normalized spacial score (nSPS) is 17.4. The van der Waals surface area contributed by atoms with Crippen molar-refractivity contribution in [3.05, 3.63) is 42.3 Å². The standard InChI is InChI=1S/C21H25N5O3/c1-13(2)12-28-17-8-7-14-10-16(6-5-15(14)11-17)19-23-20(29-25-19)18-4-3-9-26(18)21(22)24-27/h5-8,10-11,13,18,27H,3-4,9,12H2,1-2H3,(H2,22,24)/t18-/m0/s1. The molecule has 0 bridgehead atoms. The average molecular weight is 395 g/mol. The van der Waals surface area contributed by atoms with Crippen molar-refractivity contribution in [3.63, 3.8) is 0 Å². The van der Waals surface area contributed by atoms with E-state index in [9.17, 15) is 0 Å². The van der Waals surface area contributed by atoms with Crippen molar-refractivity contribution >= 4 is 16.7 Å². The molecule has 0 amide bonds. The number of hydrogen-bond donors (Lipinski definition) is 2. The maximum atomic E-state index is 8.97. The smallest absolute Gasteiger partial charge is 0.249 e. The lowest BCUT2D eigenvalue weighted by Crippen LogP contribution is -2.36. The predicted octanol–water partition coefficient (Wildman–Crippen LogP) is 3.77. The molecule has 0 aliphatic carbocycles. The summed E-state index contributed by atoms with van der Waals surface area (Å²) < 4.78 is 11.3. The van der Waals surface area contributed by atoms with Crippen molar-refractivity contribution < 1.29 is 14.5 Å². The third-order valence-corrected chi connectivity index (χ3v) is 5.03. The second kappa shape index (κ2) is 7.98. The molecule has 1 saturated heterocycles. The van der Waals surface area contributed by atoms with E-state index in [0.717, 1.165) is 34.9 Å². The van der Waals surface area contributed by atoms with Gasteiger partial charge in [0.15, 0.2) is 0 Å². The fourth-order valence-corrected chi connectivity index (χ4v) is 3.56. The lowest BCUT2D eigenvalue weighted by atomic mass is 10.1. The maximum absolute atomic E-state index is 8.97. The highest BCUT2D eigenvalue weighted by atomic mass is 16.5. The van der Waals surface area contributed by atoms with Crippen LogP contribution in [0.5, 0.6) is 5.75 Å². The van der Waals surface area contributed by atoms with E-state index in [1.165, 1.54) is 0 Å². The van der Waals surface area contributed by atoms with Gasteiger partial charge in [-0.15, -0.1) is 0 Å². The van der Waals surface area contributed by atoms with Crippen LogP contribution in [0.4, 0.5) is 0 Å². The van der Waals surface area contributed by atoms with Gasteiger partial charge in [-0.1, -0.05) is 42.4 Å². The van der Waals surface area contributed by atoms with E-state index in [1.807, 2.05) is 36.4 Å². The van der Waals surface area contributed by atoms with E-state index in [2.05, 4.69) is 29.1 Å². The van der Waals surface area contributed by atoms with Crippen LogP contribution in [0.15, 0.2) is 46.1 Å². The Bertz CT molecular complexity index is 1030. The Labute approximate surface area is 168 Å². The first kappa shape index (κ1) is 19.0. The summed E-state index contributed by atoms with van der Waals surface area (Å²) >= 11 is 0. The Hall–Kier alpha value is -3.29. The summed E-state index contributed by atoms with van der Waals surface area (Å²) in [6, 6.07) is 11.9. The number of nitrogens with two attached hydrogens (primary N) is 1. The van der Waals surface area contributed by atoms with Crippen molar-refractivity contribution in [2.75, 3.05) is 13.2 Å². The number of rotatable bonds is 5. The summed E-state index contributed by atoms with van der Waals surface area (Å²) in [5.74, 6) is 2.41. The highest BCUT2D eigenvalue weighted by Gasteiger charge is 2.32. The molecule has 1 atom stereocenters. The number of likely N-dealkylation sites (tertiary alicyclic amines) is 1. The minimum Gasteiger partial charge on any atom is -0.493 e. The zero-order valence-corrected chi connectivity index (χ0v) is 16.6. The van der Waals surface area contributed by atoms with Crippen LogP contribution in [0.1, 0.15) is 38.6 Å². The minimum atomic E-state index is -0.173. The quantitative estimate of drug-likeness (QED) is 0.293. The van der Waals surface area contributed by atoms with Gasteiger partial charge in [-0.05, 0) is 47.7 Å². The molecule has 1 aromatic heterocycles. The van der Waals surface area contributed by atoms with Crippen LogP contribution in [-0.4, -0.2) is 39.4 Å². The summed E-state index contributed by atoms with van der Waals surface area (Å²) in [6.45, 7) is 5.64. The van der Waals surface area contributed by atoms with Gasteiger partial charge in [0.05, 0.1) is 6.61 Å². The zero-order valence-electron chi connectivity index (χ0n) is 16.6. The predicted molar refractivity (Wildman–Crippen MR) is 110 cm³/mol. The Morgan fingerprint density at radius 1 is 1.31 bits per heavy atom. The molecular formula is C21H25N5O3. The van der Waals surface area contributed by atoms with E-state index in [4.69, 9.17) is 20.2 Å². The van der Waals surface area contributed by atoms with Crippen molar-refractivity contribution in [3.8, 4) is 17.1 Å². The first-order valence-electron chi connectivity index (χ1n) is 9.80. The average Bonchev–Trinajstić information content (AvgIpc) is 3.40. The van der Waals surface area contributed by atoms with Crippen LogP contribution in [0.3, 0.4) is 0 Å². The molecule has 1 aliphatic heterocycles. The monoisotopic (exact) mass is 395 g/mol. The van der Waals surface area contributed by atoms with Crippen LogP contribution in [0, 0.1) is 5.92 Å². The zero-order chi connectivity index (χ0) is 20.4. The molecule has 1 fully saturated rings. The summed E-state index contributed by atoms with van der Waals surface area (Å²) in [5, 5.41) is 18.4. The lowest BCUT2D eigenvalue weighted by molar-refractivity contribution is 0.263. The van der Waals surface area contributed by atoms with Gasteiger partial charge in [-0.3, -0.25) is 0 Å². The second-order valence-corrected chi connectivity index (χ2v) is 7.69. The summed E-state index contributed by atoms with van der Waals surface area (Å²) in [4.78, 5) is 6.34. The second-order valence-electron chi connectivity index (χ2n) is 7.69. The number of guanidine groups is 1.